The highest BCUT2D eigenvalue weighted by atomic mass is 35.5. The number of anilines is 1. The minimum Gasteiger partial charge on any atom is -0.364 e. The van der Waals surface area contributed by atoms with Crippen LogP contribution in [0.1, 0.15) is 51.4 Å². The van der Waals surface area contributed by atoms with Gasteiger partial charge in [0.05, 0.1) is 17.4 Å². The van der Waals surface area contributed by atoms with Crippen LogP contribution in [0.5, 0.6) is 0 Å². The smallest absolute Gasteiger partial charge is 0.224 e. The number of nitrogens with two attached hydrogens (primary N) is 3. The van der Waals surface area contributed by atoms with Gasteiger partial charge in [-0.25, -0.2) is 15.0 Å². The van der Waals surface area contributed by atoms with Crippen LogP contribution >= 0.6 is 58.0 Å². The normalized spacial score (nSPS) is 24.6. The largest absolute Gasteiger partial charge is 0.364 e. The highest BCUT2D eigenvalue weighted by molar-refractivity contribution is 6.41. The van der Waals surface area contributed by atoms with Crippen LogP contribution in [0.15, 0.2) is 12.4 Å². The van der Waals surface area contributed by atoms with Gasteiger partial charge in [0.15, 0.2) is 5.15 Å². The van der Waals surface area contributed by atoms with Crippen LogP contribution in [0.3, 0.4) is 0 Å². The third kappa shape index (κ3) is 10.2. The molecule has 4 atom stereocenters. The van der Waals surface area contributed by atoms with E-state index >= 15 is 0 Å². The van der Waals surface area contributed by atoms with Crippen molar-refractivity contribution in [1.82, 2.24) is 19.9 Å². The molecule has 184 valence electrons. The Morgan fingerprint density at radius 2 is 1.15 bits per heavy atom. The van der Waals surface area contributed by atoms with Crippen LogP contribution in [-0.4, -0.2) is 44.1 Å². The number of nitrogens with zero attached hydrogens (tertiary/aromatic N) is 4. The Morgan fingerprint density at radius 1 is 0.667 bits per heavy atom. The van der Waals surface area contributed by atoms with Crippen molar-refractivity contribution in [3.63, 3.8) is 0 Å². The summed E-state index contributed by atoms with van der Waals surface area (Å²) in [7, 11) is 0. The Morgan fingerprint density at radius 3 is 1.64 bits per heavy atom. The molecule has 13 heteroatoms. The maximum absolute atomic E-state index is 6.03. The fourth-order valence-electron chi connectivity index (χ4n) is 3.48. The van der Waals surface area contributed by atoms with Crippen LogP contribution in [0, 0.1) is 0 Å². The maximum Gasteiger partial charge on any atom is 0.224 e. The van der Waals surface area contributed by atoms with Gasteiger partial charge in [-0.3, -0.25) is 0 Å². The van der Waals surface area contributed by atoms with Crippen molar-refractivity contribution in [2.75, 3.05) is 5.32 Å². The number of rotatable bonds is 2. The van der Waals surface area contributed by atoms with Crippen LogP contribution in [0.4, 0.5) is 5.82 Å². The molecule has 2 aromatic rings. The van der Waals surface area contributed by atoms with E-state index in [1.54, 1.807) is 0 Å². The van der Waals surface area contributed by atoms with E-state index in [9.17, 15) is 0 Å². The summed E-state index contributed by atoms with van der Waals surface area (Å²) in [6.45, 7) is 0. The molecule has 0 bridgehead atoms. The summed E-state index contributed by atoms with van der Waals surface area (Å²) in [5.41, 5.74) is 17.3. The van der Waals surface area contributed by atoms with Crippen LogP contribution in [-0.2, 0) is 0 Å². The lowest BCUT2D eigenvalue weighted by Gasteiger charge is -2.29. The van der Waals surface area contributed by atoms with E-state index in [0.717, 1.165) is 25.7 Å². The summed E-state index contributed by atoms with van der Waals surface area (Å²) in [4.78, 5) is 15.0. The molecule has 8 nitrogen and oxygen atoms in total. The zero-order valence-electron chi connectivity index (χ0n) is 18.0. The Kier molecular flexibility index (Phi) is 12.7. The van der Waals surface area contributed by atoms with Crippen molar-refractivity contribution in [2.24, 2.45) is 17.2 Å². The summed E-state index contributed by atoms with van der Waals surface area (Å²) >= 11 is 28.0. The lowest BCUT2D eigenvalue weighted by molar-refractivity contribution is 0.385. The van der Waals surface area contributed by atoms with Gasteiger partial charge in [-0.2, -0.15) is 4.98 Å². The monoisotopic (exact) mass is 556 g/mol. The van der Waals surface area contributed by atoms with E-state index in [4.69, 9.17) is 75.2 Å². The van der Waals surface area contributed by atoms with Gasteiger partial charge >= 0.3 is 0 Å². The number of aromatic nitrogens is 4. The minimum atomic E-state index is 0.101. The van der Waals surface area contributed by atoms with Gasteiger partial charge in [-0.1, -0.05) is 60.5 Å². The average Bonchev–Trinajstić information content (AvgIpc) is 2.78. The summed E-state index contributed by atoms with van der Waals surface area (Å²) in [6, 6.07) is 0.934. The molecule has 0 radical (unpaired) electrons. The van der Waals surface area contributed by atoms with Gasteiger partial charge in [0, 0.05) is 24.2 Å². The first-order valence-electron chi connectivity index (χ1n) is 10.7. The van der Waals surface area contributed by atoms with Crippen molar-refractivity contribution >= 4 is 63.8 Å². The third-order valence-electron chi connectivity index (χ3n) is 5.40. The number of halogens is 5. The van der Waals surface area contributed by atoms with Gasteiger partial charge in [-0.15, -0.1) is 0 Å². The molecule has 0 unspecified atom stereocenters. The minimum absolute atomic E-state index is 0.101. The van der Waals surface area contributed by atoms with Crippen LogP contribution < -0.4 is 22.5 Å². The van der Waals surface area contributed by atoms with Gasteiger partial charge in [-0.05, 0) is 48.9 Å². The molecule has 7 N–H and O–H groups in total. The number of hydrogen-bond acceptors (Lipinski definition) is 8. The molecule has 0 aliphatic heterocycles. The van der Waals surface area contributed by atoms with Crippen LogP contribution in [0.25, 0.3) is 0 Å². The third-order valence-corrected chi connectivity index (χ3v) is 6.71. The van der Waals surface area contributed by atoms with E-state index in [2.05, 4.69) is 25.3 Å². The molecule has 2 fully saturated rings. The quantitative estimate of drug-likeness (QED) is 0.294. The molecule has 4 rings (SSSR count). The van der Waals surface area contributed by atoms with E-state index < -0.39 is 0 Å². The number of hydrogen-bond donors (Lipinski definition) is 4. The lowest BCUT2D eigenvalue weighted by atomic mass is 9.91. The molecule has 0 spiro atoms. The molecule has 0 saturated heterocycles. The molecule has 0 amide bonds. The van der Waals surface area contributed by atoms with E-state index in [1.807, 2.05) is 0 Å². The highest BCUT2D eigenvalue weighted by Gasteiger charge is 2.22. The topological polar surface area (TPSA) is 142 Å². The molecule has 2 saturated carbocycles. The van der Waals surface area contributed by atoms with Gasteiger partial charge in [0.2, 0.25) is 10.6 Å². The highest BCUT2D eigenvalue weighted by Crippen LogP contribution is 2.25. The van der Waals surface area contributed by atoms with Gasteiger partial charge in [0.1, 0.15) is 10.8 Å². The van der Waals surface area contributed by atoms with Crippen molar-refractivity contribution in [2.45, 2.75) is 75.5 Å². The molecule has 0 aromatic carbocycles. The SMILES string of the molecule is Clc1ncc(Cl)c(Cl)n1.N[C@@H]1CCCC[C@H]1N.N[C@@H]1CCCC[C@H]1Nc1nc(Cl)ncc1Cl. The summed E-state index contributed by atoms with van der Waals surface area (Å²) in [5.74, 6) is 0.573. The molecule has 2 aromatic heterocycles. The van der Waals surface area contributed by atoms with Gasteiger partial charge in [0.25, 0.3) is 0 Å². The Balaban J connectivity index is 0.000000192. The first kappa shape index (κ1) is 28.5. The summed E-state index contributed by atoms with van der Waals surface area (Å²) in [5, 5.41) is 4.50. The lowest BCUT2D eigenvalue weighted by Crippen LogP contribution is -2.43. The summed E-state index contributed by atoms with van der Waals surface area (Å²) < 4.78 is 0. The Hall–Kier alpha value is -0.710. The number of nitrogens with one attached hydrogen (secondary N) is 1. The zero-order valence-corrected chi connectivity index (χ0v) is 21.8. The molecule has 2 aliphatic rings. The predicted octanol–water partition coefficient (Wildman–Crippen LogP) is 5.12. The fraction of sp³-hybridized carbons (Fsp3) is 0.600. The van der Waals surface area contributed by atoms with Crippen molar-refractivity contribution in [3.8, 4) is 0 Å². The van der Waals surface area contributed by atoms with Gasteiger partial charge < -0.3 is 22.5 Å². The standard InChI is InChI=1S/C10H14Cl2N4.C6H14N2.C4HCl3N2/c11-6-5-14-10(12)16-9(6)15-8-4-2-1-3-7(8)13;7-5-3-1-2-4-6(5)8;5-2-1-8-4(7)9-3(2)6/h5,7-8H,1-4,13H2,(H,14,15,16);5-6H,1-4,7-8H2;1H/t7-,8-;5-,6-;/m11./s1. The van der Waals surface area contributed by atoms with E-state index in [0.29, 0.717) is 15.9 Å². The molecule has 2 aliphatic carbocycles. The van der Waals surface area contributed by atoms with Crippen molar-refractivity contribution in [1.29, 1.82) is 0 Å². The molecule has 2 heterocycles. The second kappa shape index (κ2) is 14.6. The predicted molar refractivity (Wildman–Crippen MR) is 137 cm³/mol. The fourth-order valence-corrected chi connectivity index (χ4v) is 4.15. The van der Waals surface area contributed by atoms with Crippen LogP contribution in [0.2, 0.25) is 25.8 Å². The molecular formula is C20H29Cl5N8. The van der Waals surface area contributed by atoms with E-state index in [-0.39, 0.29) is 39.9 Å². The van der Waals surface area contributed by atoms with Crippen molar-refractivity contribution < 1.29 is 0 Å². The van der Waals surface area contributed by atoms with E-state index in [1.165, 1.54) is 38.1 Å². The molecule has 33 heavy (non-hydrogen) atoms. The first-order chi connectivity index (χ1) is 15.7. The second-order valence-electron chi connectivity index (χ2n) is 7.92. The zero-order chi connectivity index (χ0) is 24.4. The summed E-state index contributed by atoms with van der Waals surface area (Å²) in [6.07, 6.45) is 12.1. The van der Waals surface area contributed by atoms with Crippen molar-refractivity contribution in [3.05, 3.63) is 38.2 Å². The maximum atomic E-state index is 6.03. The Bertz CT molecular complexity index is 864. The second-order valence-corrected chi connectivity index (χ2v) is 9.77. The Labute approximate surface area is 219 Å². The first-order valence-corrected chi connectivity index (χ1v) is 12.6. The molecular weight excluding hydrogens is 530 g/mol. The average molecular weight is 559 g/mol.